The number of hydrogen-bond donors (Lipinski definition) is 1. The number of carbonyl (C=O) groups excluding carboxylic acids is 3. The molecule has 1 saturated carbocycles. The summed E-state index contributed by atoms with van der Waals surface area (Å²) in [5.41, 5.74) is 1.27. The van der Waals surface area contributed by atoms with Crippen LogP contribution < -0.4 is 14.8 Å². The van der Waals surface area contributed by atoms with Crippen LogP contribution in [-0.2, 0) is 16.1 Å². The molecule has 2 fully saturated rings. The largest absolute Gasteiger partial charge is 0.490 e. The van der Waals surface area contributed by atoms with E-state index in [1.54, 1.807) is 38.2 Å². The average molecular weight is 609 g/mol. The number of likely N-dealkylation sites (tertiary alicyclic amines) is 1. The van der Waals surface area contributed by atoms with E-state index in [2.05, 4.69) is 15.0 Å². The molecular weight excluding hydrogens is 572 g/mol. The summed E-state index contributed by atoms with van der Waals surface area (Å²) in [6, 6.07) is 8.33. The second-order valence-electron chi connectivity index (χ2n) is 10.9. The van der Waals surface area contributed by atoms with Crippen LogP contribution in [0, 0.1) is 0 Å². The van der Waals surface area contributed by atoms with E-state index in [1.165, 1.54) is 28.9 Å². The van der Waals surface area contributed by atoms with E-state index >= 15 is 0 Å². The SMILES string of the molecule is CCOc1cc(C2C[C@H](C(=O)NCc3cccc(C(=O)N(C)C4CCC(F)(F)CC4)n3)N(C(C)=O)C2)ccc1OC(F)F. The molecule has 0 spiro atoms. The molecule has 1 aromatic heterocycles. The van der Waals surface area contributed by atoms with Gasteiger partial charge in [-0.05, 0) is 56.0 Å². The highest BCUT2D eigenvalue weighted by Crippen LogP contribution is 2.38. The molecule has 1 N–H and O–H groups in total. The Kier molecular flexibility index (Phi) is 10.1. The monoisotopic (exact) mass is 608 g/mol. The molecule has 0 bridgehead atoms. The highest BCUT2D eigenvalue weighted by Gasteiger charge is 2.40. The van der Waals surface area contributed by atoms with Crippen LogP contribution in [0.5, 0.6) is 11.5 Å². The summed E-state index contributed by atoms with van der Waals surface area (Å²) in [5.74, 6) is -3.99. The molecular formula is C30H36F4N4O5. The number of hydrogen-bond acceptors (Lipinski definition) is 6. The van der Waals surface area contributed by atoms with Gasteiger partial charge in [-0.25, -0.2) is 13.8 Å². The Morgan fingerprint density at radius 3 is 2.51 bits per heavy atom. The minimum atomic E-state index is -3.01. The van der Waals surface area contributed by atoms with E-state index in [0.29, 0.717) is 17.7 Å². The number of benzene rings is 1. The van der Waals surface area contributed by atoms with Gasteiger partial charge in [0, 0.05) is 45.3 Å². The van der Waals surface area contributed by atoms with Crippen molar-refractivity contribution in [3.8, 4) is 11.5 Å². The fraction of sp³-hybridized carbons (Fsp3) is 0.533. The summed E-state index contributed by atoms with van der Waals surface area (Å²) in [6.45, 7) is 0.546. The first-order valence-electron chi connectivity index (χ1n) is 14.3. The second-order valence-corrected chi connectivity index (χ2v) is 10.9. The third-order valence-electron chi connectivity index (χ3n) is 7.99. The fourth-order valence-corrected chi connectivity index (χ4v) is 5.67. The fourth-order valence-electron chi connectivity index (χ4n) is 5.67. The minimum absolute atomic E-state index is 0.000379. The molecule has 0 radical (unpaired) electrons. The van der Waals surface area contributed by atoms with Gasteiger partial charge in [-0.1, -0.05) is 12.1 Å². The molecule has 2 atom stereocenters. The predicted molar refractivity (Wildman–Crippen MR) is 148 cm³/mol. The third kappa shape index (κ3) is 7.94. The van der Waals surface area contributed by atoms with Gasteiger partial charge in [0.2, 0.25) is 17.7 Å². The van der Waals surface area contributed by atoms with Gasteiger partial charge >= 0.3 is 6.61 Å². The van der Waals surface area contributed by atoms with Crippen molar-refractivity contribution in [2.45, 2.75) is 83.0 Å². The van der Waals surface area contributed by atoms with E-state index in [-0.39, 0.29) is 86.3 Å². The molecule has 2 aliphatic rings. The van der Waals surface area contributed by atoms with Crippen molar-refractivity contribution in [3.05, 3.63) is 53.3 Å². The van der Waals surface area contributed by atoms with Crippen molar-refractivity contribution in [1.29, 1.82) is 0 Å². The van der Waals surface area contributed by atoms with Gasteiger partial charge in [0.15, 0.2) is 11.5 Å². The maximum absolute atomic E-state index is 13.5. The quantitative estimate of drug-likeness (QED) is 0.391. The number of halogens is 4. The zero-order chi connectivity index (χ0) is 31.3. The van der Waals surface area contributed by atoms with Crippen molar-refractivity contribution >= 4 is 17.7 Å². The molecule has 1 aromatic carbocycles. The lowest BCUT2D eigenvalue weighted by molar-refractivity contribution is -0.136. The van der Waals surface area contributed by atoms with Crippen molar-refractivity contribution in [1.82, 2.24) is 20.1 Å². The normalized spacial score (nSPS) is 20.1. The van der Waals surface area contributed by atoms with Crippen LogP contribution in [0.4, 0.5) is 17.6 Å². The van der Waals surface area contributed by atoms with E-state index in [4.69, 9.17) is 4.74 Å². The minimum Gasteiger partial charge on any atom is -0.490 e. The molecule has 4 rings (SSSR count). The number of ether oxygens (including phenoxy) is 2. The van der Waals surface area contributed by atoms with E-state index in [9.17, 15) is 31.9 Å². The summed E-state index contributed by atoms with van der Waals surface area (Å²) >= 11 is 0. The van der Waals surface area contributed by atoms with Crippen LogP contribution in [0.3, 0.4) is 0 Å². The number of rotatable bonds is 10. The summed E-state index contributed by atoms with van der Waals surface area (Å²) in [6.07, 6.45) is 0.185. The first kappa shape index (κ1) is 32.0. The molecule has 1 aliphatic carbocycles. The zero-order valence-corrected chi connectivity index (χ0v) is 24.3. The number of aromatic nitrogens is 1. The van der Waals surface area contributed by atoms with Gasteiger partial charge in [-0.2, -0.15) is 8.78 Å². The van der Waals surface area contributed by atoms with Gasteiger partial charge in [-0.3, -0.25) is 14.4 Å². The molecule has 2 aromatic rings. The first-order chi connectivity index (χ1) is 20.4. The number of pyridine rings is 1. The average Bonchev–Trinajstić information content (AvgIpc) is 3.42. The van der Waals surface area contributed by atoms with E-state index in [0.717, 1.165) is 0 Å². The lowest BCUT2D eigenvalue weighted by Gasteiger charge is -2.34. The van der Waals surface area contributed by atoms with Crippen LogP contribution in [0.2, 0.25) is 0 Å². The Morgan fingerprint density at radius 1 is 1.14 bits per heavy atom. The molecule has 1 saturated heterocycles. The van der Waals surface area contributed by atoms with Crippen LogP contribution in [0.15, 0.2) is 36.4 Å². The topological polar surface area (TPSA) is 101 Å². The molecule has 3 amide bonds. The number of alkyl halides is 4. The van der Waals surface area contributed by atoms with Crippen molar-refractivity contribution in [2.75, 3.05) is 20.2 Å². The lowest BCUT2D eigenvalue weighted by atomic mass is 9.91. The van der Waals surface area contributed by atoms with Gasteiger partial charge in [0.25, 0.3) is 5.91 Å². The smallest absolute Gasteiger partial charge is 0.387 e. The summed E-state index contributed by atoms with van der Waals surface area (Å²) in [4.78, 5) is 46.0. The van der Waals surface area contributed by atoms with Crippen LogP contribution in [0.25, 0.3) is 0 Å². The predicted octanol–water partition coefficient (Wildman–Crippen LogP) is 4.75. The maximum atomic E-state index is 13.5. The van der Waals surface area contributed by atoms with Crippen LogP contribution >= 0.6 is 0 Å². The Labute approximate surface area is 247 Å². The summed E-state index contributed by atoms with van der Waals surface area (Å²) in [7, 11) is 1.58. The highest BCUT2D eigenvalue weighted by molar-refractivity contribution is 5.92. The highest BCUT2D eigenvalue weighted by atomic mass is 19.3. The molecule has 9 nitrogen and oxygen atoms in total. The first-order valence-corrected chi connectivity index (χ1v) is 14.3. The van der Waals surface area contributed by atoms with Crippen LogP contribution in [0.1, 0.15) is 73.6 Å². The van der Waals surface area contributed by atoms with Gasteiger partial charge in [0.05, 0.1) is 18.8 Å². The molecule has 234 valence electrons. The third-order valence-corrected chi connectivity index (χ3v) is 7.99. The zero-order valence-electron chi connectivity index (χ0n) is 24.3. The Balaban J connectivity index is 1.40. The van der Waals surface area contributed by atoms with Gasteiger partial charge < -0.3 is 24.6 Å². The molecule has 2 heterocycles. The Bertz CT molecular complexity index is 1320. The molecule has 13 heteroatoms. The lowest BCUT2D eigenvalue weighted by Crippen LogP contribution is -2.45. The summed E-state index contributed by atoms with van der Waals surface area (Å²) in [5, 5.41) is 2.80. The number of amides is 3. The van der Waals surface area contributed by atoms with Crippen molar-refractivity contribution in [2.24, 2.45) is 0 Å². The number of nitrogens with zero attached hydrogens (tertiary/aromatic N) is 3. The van der Waals surface area contributed by atoms with Crippen molar-refractivity contribution in [3.63, 3.8) is 0 Å². The molecule has 1 aliphatic heterocycles. The molecule has 43 heavy (non-hydrogen) atoms. The van der Waals surface area contributed by atoms with E-state index < -0.39 is 24.5 Å². The number of nitrogens with one attached hydrogen (secondary N) is 1. The Hall–Kier alpha value is -3.90. The van der Waals surface area contributed by atoms with E-state index in [1.807, 2.05) is 0 Å². The van der Waals surface area contributed by atoms with Crippen LogP contribution in [-0.4, -0.2) is 77.3 Å². The van der Waals surface area contributed by atoms with Gasteiger partial charge in [0.1, 0.15) is 11.7 Å². The standard InChI is InChI=1S/C30H36F4N4O5/c1-4-42-26-15-19(8-9-25(26)43-29(31)32)20-14-24(38(17-20)18(2)39)27(40)35-16-21-6-5-7-23(36-21)28(41)37(3)22-10-12-30(33,34)13-11-22/h5-9,15,20,22,24,29H,4,10-14,16-17H2,1-3H3,(H,35,40)/t20?,24-/m1/s1. The second kappa shape index (κ2) is 13.6. The summed E-state index contributed by atoms with van der Waals surface area (Å²) < 4.78 is 62.7. The number of carbonyl (C=O) groups is 3. The van der Waals surface area contributed by atoms with Gasteiger partial charge in [-0.15, -0.1) is 0 Å². The molecule has 1 unspecified atom stereocenters. The maximum Gasteiger partial charge on any atom is 0.387 e. The Morgan fingerprint density at radius 2 is 1.86 bits per heavy atom. The van der Waals surface area contributed by atoms with Crippen molar-refractivity contribution < 1.29 is 41.4 Å².